The van der Waals surface area contributed by atoms with E-state index in [9.17, 15) is 14.4 Å². The van der Waals surface area contributed by atoms with E-state index < -0.39 is 0 Å². The summed E-state index contributed by atoms with van der Waals surface area (Å²) in [6.07, 6.45) is 0.228. The van der Waals surface area contributed by atoms with Gasteiger partial charge in [0.15, 0.2) is 0 Å². The first-order chi connectivity index (χ1) is 9.90. The van der Waals surface area contributed by atoms with Crippen molar-refractivity contribution in [2.24, 2.45) is 0 Å². The molecule has 0 aromatic heterocycles. The van der Waals surface area contributed by atoms with Gasteiger partial charge in [-0.2, -0.15) is 0 Å². The third-order valence-electron chi connectivity index (χ3n) is 2.76. The molecule has 2 N–H and O–H groups in total. The predicted molar refractivity (Wildman–Crippen MR) is 82.7 cm³/mol. The number of phenols is 1. The van der Waals surface area contributed by atoms with Crippen molar-refractivity contribution in [3.05, 3.63) is 29.8 Å². The van der Waals surface area contributed by atoms with Gasteiger partial charge in [-0.25, -0.2) is 0 Å². The molecule has 1 aromatic carbocycles. The number of benzene rings is 1. The zero-order valence-electron chi connectivity index (χ0n) is 12.1. The monoisotopic (exact) mass is 309 g/mol. The van der Waals surface area contributed by atoms with Crippen LogP contribution in [0.2, 0.25) is 0 Å². The molecule has 21 heavy (non-hydrogen) atoms. The Kier molecular flexibility index (Phi) is 6.94. The minimum atomic E-state index is -0.340. The third kappa shape index (κ3) is 6.44. The maximum Gasteiger partial charge on any atom is 0.251 e. The van der Waals surface area contributed by atoms with E-state index >= 15 is 0 Å². The van der Waals surface area contributed by atoms with Gasteiger partial charge in [0, 0.05) is 24.3 Å². The normalized spacial score (nSPS) is 11.7. The zero-order chi connectivity index (χ0) is 15.8. The molecule has 0 heterocycles. The van der Waals surface area contributed by atoms with E-state index in [1.165, 1.54) is 49.9 Å². The van der Waals surface area contributed by atoms with E-state index in [1.807, 2.05) is 0 Å². The molecule has 6 heteroatoms. The minimum Gasteiger partial charge on any atom is -0.508 e. The molecular weight excluding hydrogens is 290 g/mol. The first-order valence-electron chi connectivity index (χ1n) is 6.59. The van der Waals surface area contributed by atoms with Gasteiger partial charge in [-0.1, -0.05) is 0 Å². The van der Waals surface area contributed by atoms with Gasteiger partial charge >= 0.3 is 0 Å². The summed E-state index contributed by atoms with van der Waals surface area (Å²) >= 11 is 1.37. The van der Waals surface area contributed by atoms with Crippen molar-refractivity contribution >= 4 is 29.2 Å². The van der Waals surface area contributed by atoms with E-state index in [4.69, 9.17) is 5.11 Å². The molecule has 0 aliphatic rings. The fourth-order valence-electron chi connectivity index (χ4n) is 1.66. The molecule has 1 rings (SSSR count). The van der Waals surface area contributed by atoms with Crippen LogP contribution in [-0.2, 0) is 9.59 Å². The van der Waals surface area contributed by atoms with Gasteiger partial charge in [-0.3, -0.25) is 14.4 Å². The Morgan fingerprint density at radius 1 is 1.19 bits per heavy atom. The molecule has 1 unspecified atom stereocenters. The largest absolute Gasteiger partial charge is 0.508 e. The summed E-state index contributed by atoms with van der Waals surface area (Å²) < 4.78 is 0. The minimum absolute atomic E-state index is 0.0178. The molecule has 114 valence electrons. The van der Waals surface area contributed by atoms with Crippen LogP contribution in [0.4, 0.5) is 0 Å². The topological polar surface area (TPSA) is 83.5 Å². The average Bonchev–Trinajstić information content (AvgIpc) is 2.42. The predicted octanol–water partition coefficient (Wildman–Crippen LogP) is 1.79. The molecule has 0 aliphatic heterocycles. The molecule has 5 nitrogen and oxygen atoms in total. The van der Waals surface area contributed by atoms with Crippen LogP contribution < -0.4 is 5.32 Å². The first kappa shape index (κ1) is 17.2. The maximum absolute atomic E-state index is 11.8. The average molecular weight is 309 g/mol. The van der Waals surface area contributed by atoms with E-state index in [0.717, 1.165) is 0 Å². The summed E-state index contributed by atoms with van der Waals surface area (Å²) in [7, 11) is 0. The van der Waals surface area contributed by atoms with Gasteiger partial charge in [-0.05, 0) is 38.1 Å². The van der Waals surface area contributed by atoms with E-state index in [2.05, 4.69) is 5.32 Å². The molecule has 0 saturated carbocycles. The first-order valence-corrected chi connectivity index (χ1v) is 7.63. The van der Waals surface area contributed by atoms with Crippen LogP contribution >= 0.6 is 11.8 Å². The summed E-state index contributed by atoms with van der Waals surface area (Å²) in [4.78, 5) is 34.2. The van der Waals surface area contributed by atoms with Crippen molar-refractivity contribution in [3.63, 3.8) is 0 Å². The lowest BCUT2D eigenvalue weighted by molar-refractivity contribution is -0.121. The molecule has 0 radical (unpaired) electrons. The van der Waals surface area contributed by atoms with Crippen LogP contribution in [-0.4, -0.2) is 40.1 Å². The zero-order valence-corrected chi connectivity index (χ0v) is 12.9. The third-order valence-corrected chi connectivity index (χ3v) is 4.10. The van der Waals surface area contributed by atoms with Gasteiger partial charge < -0.3 is 10.4 Å². The van der Waals surface area contributed by atoms with Crippen LogP contribution in [0, 0.1) is 0 Å². The van der Waals surface area contributed by atoms with E-state index in [-0.39, 0.29) is 34.9 Å². The van der Waals surface area contributed by atoms with Crippen molar-refractivity contribution in [1.82, 2.24) is 5.32 Å². The van der Waals surface area contributed by atoms with Crippen LogP contribution in [0.5, 0.6) is 5.75 Å². The van der Waals surface area contributed by atoms with Gasteiger partial charge in [0.25, 0.3) is 5.91 Å². The maximum atomic E-state index is 11.8. The molecule has 1 amide bonds. The smallest absolute Gasteiger partial charge is 0.251 e. The van der Waals surface area contributed by atoms with Gasteiger partial charge in [0.05, 0.1) is 5.25 Å². The van der Waals surface area contributed by atoms with Crippen molar-refractivity contribution in [3.8, 4) is 5.75 Å². The summed E-state index contributed by atoms with van der Waals surface area (Å²) in [6, 6.07) is 5.96. The second-order valence-electron chi connectivity index (χ2n) is 4.68. The number of nitrogens with one attached hydrogen (secondary N) is 1. The summed E-state index contributed by atoms with van der Waals surface area (Å²) in [6.45, 7) is 3.34. The second-order valence-corrected chi connectivity index (χ2v) is 5.99. The second kappa shape index (κ2) is 8.46. The van der Waals surface area contributed by atoms with E-state index in [0.29, 0.717) is 17.9 Å². The Morgan fingerprint density at radius 2 is 1.81 bits per heavy atom. The number of carbonyl (C=O) groups excluding carboxylic acids is 3. The Labute approximate surface area is 128 Å². The number of hydrogen-bond donors (Lipinski definition) is 2. The highest BCUT2D eigenvalue weighted by Crippen LogP contribution is 2.16. The lowest BCUT2D eigenvalue weighted by atomic mass is 10.2. The number of rotatable bonds is 8. The lowest BCUT2D eigenvalue weighted by Crippen LogP contribution is -2.27. The number of amides is 1. The number of phenolic OH excluding ortho intramolecular Hbond substituents is 1. The number of Topliss-reactive ketones (excluding diaryl/α,β-unsaturated/α-hetero) is 2. The molecule has 0 aliphatic carbocycles. The number of aromatic hydroxyl groups is 1. The number of thioether (sulfide) groups is 1. The fraction of sp³-hybridized carbons (Fsp3) is 0.400. The number of carbonyl (C=O) groups is 3. The van der Waals surface area contributed by atoms with Crippen LogP contribution in [0.25, 0.3) is 0 Å². The summed E-state index contributed by atoms with van der Waals surface area (Å²) in [5, 5.41) is 11.5. The Hall–Kier alpha value is -1.82. The molecule has 0 spiro atoms. The standard InChI is InChI=1S/C15H19NO4S/c1-10(17)9-14(11(2)18)21-8-7-16-15(20)12-3-5-13(19)6-4-12/h3-6,14,19H,7-9H2,1-2H3,(H,16,20). The highest BCUT2D eigenvalue weighted by atomic mass is 32.2. The van der Waals surface area contributed by atoms with E-state index in [1.54, 1.807) is 0 Å². The van der Waals surface area contributed by atoms with Crippen LogP contribution in [0.3, 0.4) is 0 Å². The molecule has 0 saturated heterocycles. The Morgan fingerprint density at radius 3 is 2.33 bits per heavy atom. The van der Waals surface area contributed by atoms with Crippen molar-refractivity contribution in [2.75, 3.05) is 12.3 Å². The molecule has 1 aromatic rings. The van der Waals surface area contributed by atoms with Crippen LogP contribution in [0.15, 0.2) is 24.3 Å². The van der Waals surface area contributed by atoms with Gasteiger partial charge in [-0.15, -0.1) is 11.8 Å². The quantitative estimate of drug-likeness (QED) is 0.715. The highest BCUT2D eigenvalue weighted by Gasteiger charge is 2.16. The van der Waals surface area contributed by atoms with Gasteiger partial charge in [0.1, 0.15) is 17.3 Å². The summed E-state index contributed by atoms with van der Waals surface area (Å²) in [5.41, 5.74) is 0.463. The molecule has 0 bridgehead atoms. The lowest BCUT2D eigenvalue weighted by Gasteiger charge is -2.12. The molecular formula is C15H19NO4S. The van der Waals surface area contributed by atoms with Gasteiger partial charge in [0.2, 0.25) is 0 Å². The van der Waals surface area contributed by atoms with Crippen molar-refractivity contribution in [2.45, 2.75) is 25.5 Å². The van der Waals surface area contributed by atoms with Crippen molar-refractivity contribution in [1.29, 1.82) is 0 Å². The van der Waals surface area contributed by atoms with Crippen molar-refractivity contribution < 1.29 is 19.5 Å². The Balaban J connectivity index is 2.35. The molecule has 0 fully saturated rings. The molecule has 1 atom stereocenters. The fourth-order valence-corrected chi connectivity index (χ4v) is 2.75. The summed E-state index contributed by atoms with van der Waals surface area (Å²) in [5.74, 6) is 0.384. The SMILES string of the molecule is CC(=O)CC(SCCNC(=O)c1ccc(O)cc1)C(C)=O. The number of hydrogen-bond acceptors (Lipinski definition) is 5. The highest BCUT2D eigenvalue weighted by molar-refractivity contribution is 8.00. The van der Waals surface area contributed by atoms with Crippen LogP contribution in [0.1, 0.15) is 30.6 Å². The number of ketones is 2. The Bertz CT molecular complexity index is 513.